The Bertz CT molecular complexity index is 56.3. The zero-order valence-electron chi connectivity index (χ0n) is 5.67. The van der Waals surface area contributed by atoms with Crippen LogP contribution in [-0.2, 0) is 9.47 Å². The number of hydrogen-bond donors (Lipinski definition) is 1. The van der Waals surface area contributed by atoms with Crippen molar-refractivity contribution in [1.82, 2.24) is 0 Å². The SMILES string of the molecule is [CH2]C(OCC)OCCO. The van der Waals surface area contributed by atoms with Crippen molar-refractivity contribution < 1.29 is 14.6 Å². The van der Waals surface area contributed by atoms with E-state index in [1.54, 1.807) is 0 Å². The summed E-state index contributed by atoms with van der Waals surface area (Å²) in [5.41, 5.74) is 0. The molecule has 0 fully saturated rings. The second-order valence-electron chi connectivity index (χ2n) is 1.48. The third kappa shape index (κ3) is 5.76. The van der Waals surface area contributed by atoms with Crippen LogP contribution in [0.5, 0.6) is 0 Å². The quantitative estimate of drug-likeness (QED) is 0.544. The molecule has 0 heterocycles. The zero-order valence-corrected chi connectivity index (χ0v) is 5.67. The Hall–Kier alpha value is -0.120. The minimum atomic E-state index is -0.442. The largest absolute Gasteiger partial charge is 0.394 e. The van der Waals surface area contributed by atoms with E-state index >= 15 is 0 Å². The number of rotatable bonds is 5. The molecular formula is C6H13O3. The van der Waals surface area contributed by atoms with Crippen LogP contribution in [0.15, 0.2) is 0 Å². The van der Waals surface area contributed by atoms with Gasteiger partial charge in [0.15, 0.2) is 6.29 Å². The Kier molecular flexibility index (Phi) is 5.93. The fourth-order valence-corrected chi connectivity index (χ4v) is 0.418. The van der Waals surface area contributed by atoms with Gasteiger partial charge in [0.25, 0.3) is 0 Å². The maximum absolute atomic E-state index is 8.28. The predicted molar refractivity (Wildman–Crippen MR) is 33.8 cm³/mol. The highest BCUT2D eigenvalue weighted by atomic mass is 16.7. The van der Waals surface area contributed by atoms with E-state index in [2.05, 4.69) is 6.92 Å². The van der Waals surface area contributed by atoms with Crippen molar-refractivity contribution in [2.75, 3.05) is 19.8 Å². The van der Waals surface area contributed by atoms with E-state index in [9.17, 15) is 0 Å². The Labute approximate surface area is 55.6 Å². The summed E-state index contributed by atoms with van der Waals surface area (Å²) in [6, 6.07) is 0. The molecule has 0 saturated carbocycles. The molecule has 55 valence electrons. The van der Waals surface area contributed by atoms with Crippen LogP contribution in [0.2, 0.25) is 0 Å². The highest BCUT2D eigenvalue weighted by molar-refractivity contribution is 4.43. The lowest BCUT2D eigenvalue weighted by Crippen LogP contribution is -2.15. The third-order valence-corrected chi connectivity index (χ3v) is 0.748. The normalized spacial score (nSPS) is 13.7. The number of aliphatic hydroxyl groups is 1. The van der Waals surface area contributed by atoms with Crippen molar-refractivity contribution in [3.05, 3.63) is 6.92 Å². The summed E-state index contributed by atoms with van der Waals surface area (Å²) in [6.07, 6.45) is -0.442. The van der Waals surface area contributed by atoms with Crippen LogP contribution in [0.4, 0.5) is 0 Å². The van der Waals surface area contributed by atoms with Gasteiger partial charge in [0.2, 0.25) is 0 Å². The van der Waals surface area contributed by atoms with Crippen molar-refractivity contribution in [2.24, 2.45) is 0 Å². The molecule has 1 radical (unpaired) electrons. The van der Waals surface area contributed by atoms with Crippen LogP contribution in [0, 0.1) is 6.92 Å². The number of hydrogen-bond acceptors (Lipinski definition) is 3. The van der Waals surface area contributed by atoms with Crippen LogP contribution in [0.25, 0.3) is 0 Å². The Morgan fingerprint density at radius 2 is 2.22 bits per heavy atom. The molecular weight excluding hydrogens is 120 g/mol. The van der Waals surface area contributed by atoms with Gasteiger partial charge in [-0.1, -0.05) is 0 Å². The highest BCUT2D eigenvalue weighted by Crippen LogP contribution is 1.90. The first-order chi connectivity index (χ1) is 4.31. The fourth-order valence-electron chi connectivity index (χ4n) is 0.418. The van der Waals surface area contributed by atoms with Gasteiger partial charge in [-0.25, -0.2) is 0 Å². The zero-order chi connectivity index (χ0) is 7.11. The molecule has 0 aliphatic heterocycles. The lowest BCUT2D eigenvalue weighted by atomic mass is 10.7. The lowest BCUT2D eigenvalue weighted by Gasteiger charge is -2.10. The summed E-state index contributed by atoms with van der Waals surface area (Å²) in [6.45, 7) is 6.25. The van der Waals surface area contributed by atoms with Gasteiger partial charge in [-0.15, -0.1) is 0 Å². The molecule has 0 rings (SSSR count). The third-order valence-electron chi connectivity index (χ3n) is 0.748. The standard InChI is InChI=1S/C6H13O3/c1-3-8-6(2)9-5-4-7/h6-7H,2-5H2,1H3. The van der Waals surface area contributed by atoms with Gasteiger partial charge in [0, 0.05) is 13.5 Å². The van der Waals surface area contributed by atoms with Gasteiger partial charge in [-0.3, -0.25) is 0 Å². The summed E-state index contributed by atoms with van der Waals surface area (Å²) in [7, 11) is 0. The average Bonchev–Trinajstić information content (AvgIpc) is 1.85. The molecule has 0 aliphatic rings. The van der Waals surface area contributed by atoms with Gasteiger partial charge in [0.1, 0.15) is 0 Å². The van der Waals surface area contributed by atoms with E-state index in [1.165, 1.54) is 0 Å². The molecule has 0 aromatic rings. The molecule has 1 N–H and O–H groups in total. The number of aliphatic hydroxyl groups excluding tert-OH is 1. The summed E-state index contributed by atoms with van der Waals surface area (Å²) < 4.78 is 9.75. The molecule has 3 nitrogen and oxygen atoms in total. The summed E-state index contributed by atoms with van der Waals surface area (Å²) in [4.78, 5) is 0. The molecule has 3 heteroatoms. The van der Waals surface area contributed by atoms with Crippen molar-refractivity contribution in [1.29, 1.82) is 0 Å². The molecule has 0 spiro atoms. The summed E-state index contributed by atoms with van der Waals surface area (Å²) in [5.74, 6) is 0. The highest BCUT2D eigenvalue weighted by Gasteiger charge is 1.97. The Morgan fingerprint density at radius 3 is 2.67 bits per heavy atom. The fraction of sp³-hybridized carbons (Fsp3) is 0.833. The van der Waals surface area contributed by atoms with Crippen molar-refractivity contribution in [2.45, 2.75) is 13.2 Å². The van der Waals surface area contributed by atoms with Crippen molar-refractivity contribution >= 4 is 0 Å². The monoisotopic (exact) mass is 133 g/mol. The van der Waals surface area contributed by atoms with Crippen LogP contribution in [-0.4, -0.2) is 31.2 Å². The molecule has 0 aromatic heterocycles. The molecule has 0 amide bonds. The molecule has 0 aromatic carbocycles. The summed E-state index contributed by atoms with van der Waals surface area (Å²) >= 11 is 0. The van der Waals surface area contributed by atoms with Gasteiger partial charge in [-0.05, 0) is 6.92 Å². The van der Waals surface area contributed by atoms with Gasteiger partial charge < -0.3 is 14.6 Å². The molecule has 0 bridgehead atoms. The van der Waals surface area contributed by atoms with E-state index in [1.807, 2.05) is 6.92 Å². The van der Waals surface area contributed by atoms with E-state index in [-0.39, 0.29) is 13.2 Å². The maximum Gasteiger partial charge on any atom is 0.157 e. The Morgan fingerprint density at radius 1 is 1.56 bits per heavy atom. The average molecular weight is 133 g/mol. The number of ether oxygens (including phenoxy) is 2. The lowest BCUT2D eigenvalue weighted by molar-refractivity contribution is -0.116. The molecule has 1 unspecified atom stereocenters. The molecule has 0 saturated heterocycles. The van der Waals surface area contributed by atoms with Crippen LogP contribution in [0.3, 0.4) is 0 Å². The van der Waals surface area contributed by atoms with Crippen molar-refractivity contribution in [3.8, 4) is 0 Å². The smallest absolute Gasteiger partial charge is 0.157 e. The molecule has 0 aliphatic carbocycles. The predicted octanol–water partition coefficient (Wildman–Crippen LogP) is 0.192. The van der Waals surface area contributed by atoms with E-state index in [0.717, 1.165) is 0 Å². The van der Waals surface area contributed by atoms with Gasteiger partial charge >= 0.3 is 0 Å². The van der Waals surface area contributed by atoms with Crippen LogP contribution >= 0.6 is 0 Å². The van der Waals surface area contributed by atoms with E-state index in [0.29, 0.717) is 6.61 Å². The minimum Gasteiger partial charge on any atom is -0.394 e. The van der Waals surface area contributed by atoms with Crippen LogP contribution < -0.4 is 0 Å². The van der Waals surface area contributed by atoms with Gasteiger partial charge in [-0.2, -0.15) is 0 Å². The van der Waals surface area contributed by atoms with E-state index < -0.39 is 6.29 Å². The van der Waals surface area contributed by atoms with Gasteiger partial charge in [0.05, 0.1) is 13.2 Å². The first kappa shape index (κ1) is 8.88. The first-order valence-corrected chi connectivity index (χ1v) is 2.98. The minimum absolute atomic E-state index is 0.0130. The Balaban J connectivity index is 2.95. The topological polar surface area (TPSA) is 38.7 Å². The molecule has 9 heavy (non-hydrogen) atoms. The second kappa shape index (κ2) is 6.01. The second-order valence-corrected chi connectivity index (χ2v) is 1.48. The molecule has 1 atom stereocenters. The van der Waals surface area contributed by atoms with Crippen molar-refractivity contribution in [3.63, 3.8) is 0 Å². The first-order valence-electron chi connectivity index (χ1n) is 2.98. The summed E-state index contributed by atoms with van der Waals surface area (Å²) in [5, 5.41) is 8.28. The van der Waals surface area contributed by atoms with E-state index in [4.69, 9.17) is 14.6 Å². The maximum atomic E-state index is 8.28. The van der Waals surface area contributed by atoms with Crippen LogP contribution in [0.1, 0.15) is 6.92 Å².